The molecular formula is C11H20O5. The highest BCUT2D eigenvalue weighted by Gasteiger charge is 2.44. The van der Waals surface area contributed by atoms with Crippen molar-refractivity contribution in [2.45, 2.75) is 33.8 Å². The highest BCUT2D eigenvalue weighted by molar-refractivity contribution is 5.81. The van der Waals surface area contributed by atoms with Gasteiger partial charge in [0.15, 0.2) is 0 Å². The Morgan fingerprint density at radius 3 is 1.75 bits per heavy atom. The molecule has 0 bridgehead atoms. The Bertz CT molecular complexity index is 266. The van der Waals surface area contributed by atoms with Gasteiger partial charge >= 0.3 is 11.9 Å². The summed E-state index contributed by atoms with van der Waals surface area (Å²) < 4.78 is 4.96. The predicted molar refractivity (Wildman–Crippen MR) is 58.2 cm³/mol. The van der Waals surface area contributed by atoms with Crippen molar-refractivity contribution in [1.29, 1.82) is 0 Å². The van der Waals surface area contributed by atoms with Crippen molar-refractivity contribution in [3.63, 3.8) is 0 Å². The average molecular weight is 232 g/mol. The maximum absolute atomic E-state index is 11.2. The summed E-state index contributed by atoms with van der Waals surface area (Å²) in [5, 5.41) is 18.3. The number of carboxylic acid groups (broad SMARTS) is 2. The van der Waals surface area contributed by atoms with Crippen molar-refractivity contribution < 1.29 is 24.5 Å². The molecule has 0 aromatic heterocycles. The minimum atomic E-state index is -1.14. The van der Waals surface area contributed by atoms with E-state index in [1.54, 1.807) is 27.7 Å². The quantitative estimate of drug-likeness (QED) is 0.749. The summed E-state index contributed by atoms with van der Waals surface area (Å²) in [5.74, 6) is -4.29. The van der Waals surface area contributed by atoms with E-state index in [0.717, 1.165) is 0 Å². The van der Waals surface area contributed by atoms with Crippen molar-refractivity contribution in [2.75, 3.05) is 7.11 Å². The largest absolute Gasteiger partial charge is 0.481 e. The molecule has 0 fully saturated rings. The fraction of sp³-hybridized carbons (Fsp3) is 0.818. The minimum Gasteiger partial charge on any atom is -0.481 e. The Kier molecular flexibility index (Phi) is 4.93. The molecule has 0 heterocycles. The van der Waals surface area contributed by atoms with E-state index in [9.17, 15) is 9.59 Å². The zero-order valence-corrected chi connectivity index (χ0v) is 10.4. The Labute approximate surface area is 95.4 Å². The zero-order chi connectivity index (χ0) is 13.1. The van der Waals surface area contributed by atoms with Gasteiger partial charge in [-0.3, -0.25) is 9.59 Å². The van der Waals surface area contributed by atoms with Crippen LogP contribution in [-0.4, -0.2) is 35.4 Å². The summed E-state index contributed by atoms with van der Waals surface area (Å²) in [5.41, 5.74) is -0.637. The zero-order valence-electron chi connectivity index (χ0n) is 10.4. The van der Waals surface area contributed by atoms with Crippen LogP contribution in [-0.2, 0) is 14.3 Å². The second kappa shape index (κ2) is 5.30. The van der Waals surface area contributed by atoms with Gasteiger partial charge in [-0.25, -0.2) is 0 Å². The molecule has 5 heteroatoms. The van der Waals surface area contributed by atoms with Crippen molar-refractivity contribution in [3.8, 4) is 0 Å². The van der Waals surface area contributed by atoms with Crippen LogP contribution in [0, 0.1) is 17.3 Å². The number of hydrogen-bond acceptors (Lipinski definition) is 3. The number of methoxy groups -OCH3 is 1. The highest BCUT2D eigenvalue weighted by atomic mass is 16.5. The summed E-state index contributed by atoms with van der Waals surface area (Å²) in [4.78, 5) is 22.3. The van der Waals surface area contributed by atoms with E-state index in [1.165, 1.54) is 7.11 Å². The second-order valence-electron chi connectivity index (χ2n) is 4.99. The van der Waals surface area contributed by atoms with Crippen LogP contribution in [0.1, 0.15) is 27.7 Å². The molecule has 0 aliphatic rings. The number of carbonyl (C=O) groups is 2. The lowest BCUT2D eigenvalue weighted by Gasteiger charge is -2.34. The fourth-order valence-corrected chi connectivity index (χ4v) is 1.82. The lowest BCUT2D eigenvalue weighted by Crippen LogP contribution is -2.44. The molecule has 0 aliphatic heterocycles. The monoisotopic (exact) mass is 232 g/mol. The maximum Gasteiger partial charge on any atom is 0.310 e. The van der Waals surface area contributed by atoms with Gasteiger partial charge in [0.1, 0.15) is 0 Å². The minimum absolute atomic E-state index is 0.637. The van der Waals surface area contributed by atoms with Crippen molar-refractivity contribution in [3.05, 3.63) is 0 Å². The molecule has 0 aliphatic carbocycles. The molecule has 16 heavy (non-hydrogen) atoms. The van der Waals surface area contributed by atoms with Gasteiger partial charge in [0.05, 0.1) is 17.9 Å². The van der Waals surface area contributed by atoms with Crippen LogP contribution in [0.15, 0.2) is 0 Å². The van der Waals surface area contributed by atoms with Crippen LogP contribution in [0.3, 0.4) is 0 Å². The average Bonchev–Trinajstić information content (AvgIpc) is 2.09. The van der Waals surface area contributed by atoms with Crippen molar-refractivity contribution in [1.82, 2.24) is 0 Å². The molecule has 0 aromatic carbocycles. The van der Waals surface area contributed by atoms with Crippen LogP contribution >= 0.6 is 0 Å². The van der Waals surface area contributed by atoms with E-state index in [0.29, 0.717) is 0 Å². The van der Waals surface area contributed by atoms with Gasteiger partial charge in [-0.2, -0.15) is 0 Å². The molecule has 0 saturated carbocycles. The van der Waals surface area contributed by atoms with Gasteiger partial charge in [0, 0.05) is 7.11 Å². The molecule has 0 saturated heterocycles. The lowest BCUT2D eigenvalue weighted by molar-refractivity contribution is -0.164. The summed E-state index contributed by atoms with van der Waals surface area (Å²) >= 11 is 0. The molecule has 0 rings (SSSR count). The Morgan fingerprint density at radius 1 is 1.12 bits per heavy atom. The van der Waals surface area contributed by atoms with E-state index in [4.69, 9.17) is 14.9 Å². The molecule has 0 radical (unpaired) electrons. The molecule has 94 valence electrons. The van der Waals surface area contributed by atoms with E-state index < -0.39 is 35.3 Å². The Morgan fingerprint density at radius 2 is 1.56 bits per heavy atom. The van der Waals surface area contributed by atoms with Crippen LogP contribution in [0.5, 0.6) is 0 Å². The third kappa shape index (κ3) is 3.48. The van der Waals surface area contributed by atoms with Gasteiger partial charge < -0.3 is 14.9 Å². The van der Waals surface area contributed by atoms with Gasteiger partial charge in [-0.05, 0) is 12.3 Å². The molecule has 3 atom stereocenters. The molecule has 0 aromatic rings. The normalized spacial score (nSPS) is 17.6. The number of ether oxygens (including phenoxy) is 1. The van der Waals surface area contributed by atoms with Crippen LogP contribution < -0.4 is 0 Å². The van der Waals surface area contributed by atoms with E-state index in [2.05, 4.69) is 0 Å². The number of aliphatic carboxylic acids is 2. The second-order valence-corrected chi connectivity index (χ2v) is 4.99. The van der Waals surface area contributed by atoms with Crippen molar-refractivity contribution >= 4 is 11.9 Å². The molecule has 0 spiro atoms. The summed E-state index contributed by atoms with van der Waals surface area (Å²) in [6, 6.07) is 0. The molecular weight excluding hydrogens is 212 g/mol. The van der Waals surface area contributed by atoms with E-state index in [1.807, 2.05) is 0 Å². The number of rotatable bonds is 5. The first-order chi connectivity index (χ1) is 7.12. The van der Waals surface area contributed by atoms with Gasteiger partial charge in [-0.15, -0.1) is 0 Å². The molecule has 5 nitrogen and oxygen atoms in total. The number of carboxylic acids is 2. The van der Waals surface area contributed by atoms with Crippen LogP contribution in [0.2, 0.25) is 0 Å². The van der Waals surface area contributed by atoms with Gasteiger partial charge in [-0.1, -0.05) is 20.8 Å². The van der Waals surface area contributed by atoms with E-state index in [-0.39, 0.29) is 0 Å². The van der Waals surface area contributed by atoms with Gasteiger partial charge in [0.2, 0.25) is 0 Å². The third-order valence-corrected chi connectivity index (χ3v) is 2.72. The van der Waals surface area contributed by atoms with Crippen LogP contribution in [0.4, 0.5) is 0 Å². The van der Waals surface area contributed by atoms with Crippen molar-refractivity contribution in [2.24, 2.45) is 17.3 Å². The Balaban J connectivity index is 5.28. The first-order valence-corrected chi connectivity index (χ1v) is 5.11. The smallest absolute Gasteiger partial charge is 0.310 e. The van der Waals surface area contributed by atoms with Crippen LogP contribution in [0.25, 0.3) is 0 Å². The maximum atomic E-state index is 11.2. The molecule has 0 amide bonds. The highest BCUT2D eigenvalue weighted by Crippen LogP contribution is 2.35. The standard InChI is InChI=1S/C11H20O5/c1-6(16-5)7(9(12)13)8(10(14)15)11(2,3)4/h6-8H,1-5H3,(H,12,13)(H,14,15). The third-order valence-electron chi connectivity index (χ3n) is 2.72. The predicted octanol–water partition coefficient (Wildman–Crippen LogP) is 1.47. The topological polar surface area (TPSA) is 83.8 Å². The summed E-state index contributed by atoms with van der Waals surface area (Å²) in [7, 11) is 1.38. The number of hydrogen-bond donors (Lipinski definition) is 2. The molecule has 3 unspecified atom stereocenters. The molecule has 2 N–H and O–H groups in total. The summed E-state index contributed by atoms with van der Waals surface area (Å²) in [6.45, 7) is 6.71. The first-order valence-electron chi connectivity index (χ1n) is 5.11. The summed E-state index contributed by atoms with van der Waals surface area (Å²) in [6.07, 6.45) is -0.641. The Hall–Kier alpha value is -1.10. The van der Waals surface area contributed by atoms with Gasteiger partial charge in [0.25, 0.3) is 0 Å². The fourth-order valence-electron chi connectivity index (χ4n) is 1.82. The SMILES string of the molecule is COC(C)C(C(=O)O)C(C(=O)O)C(C)(C)C. The lowest BCUT2D eigenvalue weighted by atomic mass is 9.71. The first kappa shape index (κ1) is 14.9. The van der Waals surface area contributed by atoms with E-state index >= 15 is 0 Å².